The quantitative estimate of drug-likeness (QED) is 0.622. The van der Waals surface area contributed by atoms with Crippen LogP contribution in [0.15, 0.2) is 12.1 Å². The fourth-order valence-corrected chi connectivity index (χ4v) is 1.79. The molecule has 0 bridgehead atoms. The molecule has 0 aliphatic rings. The number of nitro benzene ring substituents is 1. The Morgan fingerprint density at radius 3 is 2.48 bits per heavy atom. The first-order valence-electron chi connectivity index (χ1n) is 6.31. The highest BCUT2D eigenvalue weighted by Crippen LogP contribution is 2.24. The fraction of sp³-hybridized carbons (Fsp3) is 0.462. The van der Waals surface area contributed by atoms with Gasteiger partial charge >= 0.3 is 0 Å². The Morgan fingerprint density at radius 1 is 1.43 bits per heavy atom. The number of nitrogens with one attached hydrogen (secondary N) is 1. The minimum Gasteiger partial charge on any atom is -0.396 e. The first-order valence-corrected chi connectivity index (χ1v) is 6.31. The van der Waals surface area contributed by atoms with Gasteiger partial charge in [-0.15, -0.1) is 0 Å². The van der Waals surface area contributed by atoms with Gasteiger partial charge in [0.05, 0.1) is 11.0 Å². The molecule has 0 spiro atoms. The van der Waals surface area contributed by atoms with Gasteiger partial charge in [0, 0.05) is 12.1 Å². The summed E-state index contributed by atoms with van der Waals surface area (Å²) in [6.07, 6.45) is 0.684. The number of aliphatic hydroxyl groups excluding tert-OH is 1. The van der Waals surface area contributed by atoms with E-state index in [-0.39, 0.29) is 13.0 Å². The average molecular weight is 302 g/mol. The van der Waals surface area contributed by atoms with E-state index in [2.05, 4.69) is 5.32 Å². The number of carbonyl (C=O) groups is 1. The molecule has 1 aromatic rings. The molecule has 0 saturated heterocycles. The van der Waals surface area contributed by atoms with Crippen LogP contribution in [0, 0.1) is 21.7 Å². The molecule has 0 aliphatic carbocycles. The summed E-state index contributed by atoms with van der Waals surface area (Å²) in [5.41, 5.74) is -2.17. The maximum atomic E-state index is 13.2. The largest absolute Gasteiger partial charge is 0.396 e. The highest BCUT2D eigenvalue weighted by Gasteiger charge is 2.29. The smallest absolute Gasteiger partial charge is 0.285 e. The number of nitro groups is 1. The van der Waals surface area contributed by atoms with Gasteiger partial charge in [-0.05, 0) is 25.8 Å². The standard InChI is InChI=1S/C13H16F2N2O4/c1-3-13(2,4-5-18)16-12(19)8-6-9(14)10(15)7-11(8)17(20)21/h6-7,18H,3-5H2,1-2H3,(H,16,19). The lowest BCUT2D eigenvalue weighted by molar-refractivity contribution is -0.385. The van der Waals surface area contributed by atoms with Gasteiger partial charge in [-0.3, -0.25) is 14.9 Å². The molecule has 116 valence electrons. The number of amides is 1. The minimum atomic E-state index is -1.40. The van der Waals surface area contributed by atoms with Crippen LogP contribution in [-0.2, 0) is 0 Å². The summed E-state index contributed by atoms with van der Waals surface area (Å²) in [5.74, 6) is -3.63. The number of hydrogen-bond donors (Lipinski definition) is 2. The van der Waals surface area contributed by atoms with Crippen LogP contribution in [-0.4, -0.2) is 28.1 Å². The average Bonchev–Trinajstić information content (AvgIpc) is 2.41. The number of aliphatic hydroxyl groups is 1. The summed E-state index contributed by atoms with van der Waals surface area (Å²) in [6.45, 7) is 3.22. The topological polar surface area (TPSA) is 92.5 Å². The molecule has 21 heavy (non-hydrogen) atoms. The second kappa shape index (κ2) is 6.57. The third kappa shape index (κ3) is 3.94. The molecule has 0 fully saturated rings. The van der Waals surface area contributed by atoms with E-state index in [0.29, 0.717) is 18.6 Å². The van der Waals surface area contributed by atoms with Gasteiger partial charge < -0.3 is 10.4 Å². The van der Waals surface area contributed by atoms with E-state index in [1.54, 1.807) is 13.8 Å². The number of carbonyl (C=O) groups excluding carboxylic acids is 1. The number of hydrogen-bond acceptors (Lipinski definition) is 4. The zero-order valence-corrected chi connectivity index (χ0v) is 11.7. The summed E-state index contributed by atoms with van der Waals surface area (Å²) in [5, 5.41) is 22.3. The Labute approximate surface area is 119 Å². The van der Waals surface area contributed by atoms with Crippen LogP contribution in [0.1, 0.15) is 37.0 Å². The van der Waals surface area contributed by atoms with Crippen molar-refractivity contribution in [2.75, 3.05) is 6.61 Å². The maximum absolute atomic E-state index is 13.2. The summed E-state index contributed by atoms with van der Waals surface area (Å²) < 4.78 is 26.3. The van der Waals surface area contributed by atoms with E-state index in [0.717, 1.165) is 0 Å². The van der Waals surface area contributed by atoms with E-state index in [9.17, 15) is 23.7 Å². The molecule has 0 aliphatic heterocycles. The van der Waals surface area contributed by atoms with Gasteiger partial charge in [0.15, 0.2) is 11.6 Å². The van der Waals surface area contributed by atoms with Crippen LogP contribution in [0.4, 0.5) is 14.5 Å². The zero-order valence-electron chi connectivity index (χ0n) is 11.7. The molecule has 0 saturated carbocycles. The van der Waals surface area contributed by atoms with Crippen molar-refractivity contribution in [3.05, 3.63) is 39.4 Å². The predicted octanol–water partition coefficient (Wildman–Crippen LogP) is 2.15. The second-order valence-electron chi connectivity index (χ2n) is 4.88. The van der Waals surface area contributed by atoms with Crippen LogP contribution in [0.3, 0.4) is 0 Å². The molecule has 0 aromatic heterocycles. The molecule has 0 heterocycles. The zero-order chi connectivity index (χ0) is 16.2. The summed E-state index contributed by atoms with van der Waals surface area (Å²) in [7, 11) is 0. The molecule has 8 heteroatoms. The fourth-order valence-electron chi connectivity index (χ4n) is 1.79. The Morgan fingerprint density at radius 2 is 2.00 bits per heavy atom. The molecule has 2 N–H and O–H groups in total. The van der Waals surface area contributed by atoms with Gasteiger partial charge in [-0.25, -0.2) is 8.78 Å². The van der Waals surface area contributed by atoms with E-state index in [4.69, 9.17) is 5.11 Å². The van der Waals surface area contributed by atoms with Crippen LogP contribution in [0.5, 0.6) is 0 Å². The van der Waals surface area contributed by atoms with Crippen molar-refractivity contribution >= 4 is 11.6 Å². The molecule has 0 radical (unpaired) electrons. The van der Waals surface area contributed by atoms with Crippen LogP contribution in [0.25, 0.3) is 0 Å². The number of benzene rings is 1. The third-order valence-corrected chi connectivity index (χ3v) is 3.34. The molecule has 1 atom stereocenters. The van der Waals surface area contributed by atoms with Gasteiger partial charge in [0.25, 0.3) is 11.6 Å². The Hall–Kier alpha value is -2.09. The lowest BCUT2D eigenvalue weighted by Gasteiger charge is -2.28. The lowest BCUT2D eigenvalue weighted by Crippen LogP contribution is -2.46. The van der Waals surface area contributed by atoms with Crippen molar-refractivity contribution in [3.63, 3.8) is 0 Å². The van der Waals surface area contributed by atoms with Crippen molar-refractivity contribution in [3.8, 4) is 0 Å². The summed E-state index contributed by atoms with van der Waals surface area (Å²) >= 11 is 0. The monoisotopic (exact) mass is 302 g/mol. The van der Waals surface area contributed by atoms with Crippen molar-refractivity contribution in [1.29, 1.82) is 0 Å². The van der Waals surface area contributed by atoms with Crippen molar-refractivity contribution < 1.29 is 23.6 Å². The number of nitrogens with zero attached hydrogens (tertiary/aromatic N) is 1. The molecule has 1 unspecified atom stereocenters. The Balaban J connectivity index is 3.18. The van der Waals surface area contributed by atoms with Crippen LogP contribution in [0.2, 0.25) is 0 Å². The highest BCUT2D eigenvalue weighted by molar-refractivity contribution is 5.98. The second-order valence-corrected chi connectivity index (χ2v) is 4.88. The van der Waals surface area contributed by atoms with Gasteiger partial charge in [-0.1, -0.05) is 6.92 Å². The third-order valence-electron chi connectivity index (χ3n) is 3.34. The van der Waals surface area contributed by atoms with E-state index in [1.807, 2.05) is 0 Å². The van der Waals surface area contributed by atoms with Crippen LogP contribution >= 0.6 is 0 Å². The number of halogens is 2. The maximum Gasteiger partial charge on any atom is 0.285 e. The SMILES string of the molecule is CCC(C)(CCO)NC(=O)c1cc(F)c(F)cc1[N+](=O)[O-]. The Bertz CT molecular complexity index is 565. The first kappa shape index (κ1) is 17.0. The normalized spacial score (nSPS) is 13.6. The van der Waals surface area contributed by atoms with E-state index < -0.39 is 39.3 Å². The van der Waals surface area contributed by atoms with Gasteiger partial charge in [-0.2, -0.15) is 0 Å². The lowest BCUT2D eigenvalue weighted by atomic mass is 9.94. The highest BCUT2D eigenvalue weighted by atomic mass is 19.2. The van der Waals surface area contributed by atoms with Crippen molar-refractivity contribution in [2.24, 2.45) is 0 Å². The van der Waals surface area contributed by atoms with E-state index in [1.165, 1.54) is 0 Å². The van der Waals surface area contributed by atoms with Gasteiger partial charge in [0.1, 0.15) is 5.56 Å². The Kier molecular flexibility index (Phi) is 5.31. The first-order chi connectivity index (χ1) is 9.74. The van der Waals surface area contributed by atoms with Crippen molar-refractivity contribution in [1.82, 2.24) is 5.32 Å². The molecule has 1 amide bonds. The molecular formula is C13H16F2N2O4. The summed E-state index contributed by atoms with van der Waals surface area (Å²) in [4.78, 5) is 22.0. The van der Waals surface area contributed by atoms with E-state index >= 15 is 0 Å². The minimum absolute atomic E-state index is 0.190. The predicted molar refractivity (Wildman–Crippen MR) is 70.9 cm³/mol. The van der Waals surface area contributed by atoms with Crippen LogP contribution < -0.4 is 5.32 Å². The van der Waals surface area contributed by atoms with Crippen molar-refractivity contribution in [2.45, 2.75) is 32.2 Å². The molecule has 6 nitrogen and oxygen atoms in total. The number of rotatable bonds is 6. The molecule has 1 rings (SSSR count). The molecular weight excluding hydrogens is 286 g/mol. The summed E-state index contributed by atoms with van der Waals surface area (Å²) in [6, 6.07) is 0.872. The molecule has 1 aromatic carbocycles. The van der Waals surface area contributed by atoms with Gasteiger partial charge in [0.2, 0.25) is 0 Å².